The molecule has 114 valence electrons. The molecule has 1 atom stereocenters. The zero-order chi connectivity index (χ0) is 15.4. The Bertz CT molecular complexity index is 424. The molecule has 0 aliphatic carbocycles. The molecule has 0 fully saturated rings. The minimum Gasteiger partial charge on any atom is -0.406 e. The maximum atomic E-state index is 12.3. The van der Waals surface area contributed by atoms with Gasteiger partial charge in [-0.05, 0) is 36.1 Å². The van der Waals surface area contributed by atoms with Crippen molar-refractivity contribution in [1.82, 2.24) is 5.32 Å². The van der Waals surface area contributed by atoms with Crippen LogP contribution in [0, 0.1) is 5.41 Å². The quantitative estimate of drug-likeness (QED) is 0.850. The van der Waals surface area contributed by atoms with Gasteiger partial charge in [-0.25, -0.2) is 0 Å². The Balaban J connectivity index is 2.99. The molecule has 1 unspecified atom stereocenters. The summed E-state index contributed by atoms with van der Waals surface area (Å²) in [6, 6.07) is 6.15. The molecular weight excluding hydrogens is 267 g/mol. The van der Waals surface area contributed by atoms with Crippen molar-refractivity contribution >= 4 is 0 Å². The van der Waals surface area contributed by atoms with E-state index in [1.54, 1.807) is 6.07 Å². The molecule has 0 aromatic heterocycles. The molecule has 0 heterocycles. The Kier molecular flexibility index (Phi) is 5.45. The molecule has 5 heteroatoms. The Hall–Kier alpha value is -1.23. The SMILES string of the molecule is CCCNC(c1cccc(OC(F)(F)F)c1)C(C)(C)C. The lowest BCUT2D eigenvalue weighted by atomic mass is 9.82. The summed E-state index contributed by atoms with van der Waals surface area (Å²) in [5.41, 5.74) is 0.694. The van der Waals surface area contributed by atoms with Crippen LogP contribution in [0.5, 0.6) is 5.75 Å². The van der Waals surface area contributed by atoms with E-state index in [2.05, 4.69) is 37.7 Å². The van der Waals surface area contributed by atoms with Gasteiger partial charge in [0.15, 0.2) is 0 Å². The smallest absolute Gasteiger partial charge is 0.406 e. The van der Waals surface area contributed by atoms with Crippen molar-refractivity contribution < 1.29 is 17.9 Å². The number of ether oxygens (including phenoxy) is 1. The summed E-state index contributed by atoms with van der Waals surface area (Å²) in [4.78, 5) is 0. The van der Waals surface area contributed by atoms with Crippen molar-refractivity contribution in [2.45, 2.75) is 46.5 Å². The predicted molar refractivity (Wildman–Crippen MR) is 73.6 cm³/mol. The number of rotatable bonds is 5. The highest BCUT2D eigenvalue weighted by atomic mass is 19.4. The van der Waals surface area contributed by atoms with Gasteiger partial charge < -0.3 is 10.1 Å². The molecule has 0 saturated carbocycles. The van der Waals surface area contributed by atoms with Gasteiger partial charge >= 0.3 is 6.36 Å². The van der Waals surface area contributed by atoms with Gasteiger partial charge in [0.25, 0.3) is 0 Å². The summed E-state index contributed by atoms with van der Waals surface area (Å²) in [5.74, 6) is -0.178. The molecule has 0 amide bonds. The van der Waals surface area contributed by atoms with Gasteiger partial charge in [-0.3, -0.25) is 0 Å². The monoisotopic (exact) mass is 289 g/mol. The van der Waals surface area contributed by atoms with Crippen molar-refractivity contribution in [3.8, 4) is 5.75 Å². The molecule has 2 nitrogen and oxygen atoms in total. The van der Waals surface area contributed by atoms with Crippen molar-refractivity contribution in [2.24, 2.45) is 5.41 Å². The Morgan fingerprint density at radius 2 is 1.85 bits per heavy atom. The van der Waals surface area contributed by atoms with Crippen LogP contribution in [0.4, 0.5) is 13.2 Å². The molecule has 20 heavy (non-hydrogen) atoms. The number of hydrogen-bond donors (Lipinski definition) is 1. The molecule has 1 N–H and O–H groups in total. The lowest BCUT2D eigenvalue weighted by Crippen LogP contribution is -2.32. The van der Waals surface area contributed by atoms with Gasteiger partial charge in [0.05, 0.1) is 0 Å². The zero-order valence-electron chi connectivity index (χ0n) is 12.3. The highest BCUT2D eigenvalue weighted by Gasteiger charge is 2.32. The summed E-state index contributed by atoms with van der Waals surface area (Å²) in [5, 5.41) is 3.38. The van der Waals surface area contributed by atoms with E-state index in [-0.39, 0.29) is 17.2 Å². The number of alkyl halides is 3. The van der Waals surface area contributed by atoms with Crippen LogP contribution >= 0.6 is 0 Å². The normalized spacial score (nSPS) is 14.2. The fourth-order valence-corrected chi connectivity index (χ4v) is 2.10. The topological polar surface area (TPSA) is 21.3 Å². The van der Waals surface area contributed by atoms with Crippen LogP contribution in [0.3, 0.4) is 0 Å². The lowest BCUT2D eigenvalue weighted by molar-refractivity contribution is -0.274. The third kappa shape index (κ3) is 5.41. The minimum absolute atomic E-state index is 0.0285. The van der Waals surface area contributed by atoms with Gasteiger partial charge in [-0.15, -0.1) is 13.2 Å². The fourth-order valence-electron chi connectivity index (χ4n) is 2.10. The third-order valence-electron chi connectivity index (χ3n) is 2.89. The Morgan fingerprint density at radius 1 is 1.20 bits per heavy atom. The Labute approximate surface area is 118 Å². The first-order chi connectivity index (χ1) is 9.13. The van der Waals surface area contributed by atoms with Gasteiger partial charge in [-0.1, -0.05) is 39.8 Å². The van der Waals surface area contributed by atoms with E-state index in [1.807, 2.05) is 6.07 Å². The average molecular weight is 289 g/mol. The highest BCUT2D eigenvalue weighted by Crippen LogP contribution is 2.35. The van der Waals surface area contributed by atoms with Crippen LogP contribution in [0.25, 0.3) is 0 Å². The second kappa shape index (κ2) is 6.48. The molecule has 0 bridgehead atoms. The van der Waals surface area contributed by atoms with Crippen LogP contribution in [0.1, 0.15) is 45.7 Å². The lowest BCUT2D eigenvalue weighted by Gasteiger charge is -2.32. The standard InChI is InChI=1S/C15H22F3NO/c1-5-9-19-13(14(2,3)4)11-7-6-8-12(10-11)20-15(16,17)18/h6-8,10,13,19H,5,9H2,1-4H3. The van der Waals surface area contributed by atoms with E-state index in [4.69, 9.17) is 0 Å². The van der Waals surface area contributed by atoms with E-state index in [0.29, 0.717) is 0 Å². The molecule has 0 aliphatic rings. The summed E-state index contributed by atoms with van der Waals surface area (Å²) in [6.07, 6.45) is -3.70. The van der Waals surface area contributed by atoms with Crippen LogP contribution in [0.2, 0.25) is 0 Å². The minimum atomic E-state index is -4.66. The summed E-state index contributed by atoms with van der Waals surface area (Å²) >= 11 is 0. The van der Waals surface area contributed by atoms with E-state index in [9.17, 15) is 13.2 Å². The highest BCUT2D eigenvalue weighted by molar-refractivity contribution is 5.31. The van der Waals surface area contributed by atoms with Crippen LogP contribution in [-0.4, -0.2) is 12.9 Å². The van der Waals surface area contributed by atoms with Gasteiger partial charge in [0.2, 0.25) is 0 Å². The van der Waals surface area contributed by atoms with E-state index in [1.165, 1.54) is 12.1 Å². The van der Waals surface area contributed by atoms with Gasteiger partial charge in [0, 0.05) is 6.04 Å². The zero-order valence-corrected chi connectivity index (χ0v) is 12.3. The van der Waals surface area contributed by atoms with Crippen LogP contribution in [-0.2, 0) is 0 Å². The summed E-state index contributed by atoms with van der Waals surface area (Å²) in [6.45, 7) is 9.02. The van der Waals surface area contributed by atoms with E-state index < -0.39 is 6.36 Å². The number of benzene rings is 1. The maximum absolute atomic E-state index is 12.3. The first-order valence-corrected chi connectivity index (χ1v) is 6.72. The maximum Gasteiger partial charge on any atom is 0.573 e. The second-order valence-electron chi connectivity index (χ2n) is 5.87. The van der Waals surface area contributed by atoms with Crippen molar-refractivity contribution in [3.63, 3.8) is 0 Å². The third-order valence-corrected chi connectivity index (χ3v) is 2.89. The van der Waals surface area contributed by atoms with Crippen LogP contribution in [0.15, 0.2) is 24.3 Å². The summed E-state index contributed by atoms with van der Waals surface area (Å²) < 4.78 is 40.8. The molecule has 0 spiro atoms. The van der Waals surface area contributed by atoms with Gasteiger partial charge in [-0.2, -0.15) is 0 Å². The van der Waals surface area contributed by atoms with Crippen molar-refractivity contribution in [3.05, 3.63) is 29.8 Å². The second-order valence-corrected chi connectivity index (χ2v) is 5.87. The average Bonchev–Trinajstić information content (AvgIpc) is 2.26. The predicted octanol–water partition coefficient (Wildman–Crippen LogP) is 4.67. The fraction of sp³-hybridized carbons (Fsp3) is 0.600. The first kappa shape index (κ1) is 16.8. The summed E-state index contributed by atoms with van der Waals surface area (Å²) in [7, 11) is 0. The molecule has 1 aromatic carbocycles. The van der Waals surface area contributed by atoms with Crippen molar-refractivity contribution in [2.75, 3.05) is 6.54 Å². The van der Waals surface area contributed by atoms with E-state index >= 15 is 0 Å². The Morgan fingerprint density at radius 3 is 2.35 bits per heavy atom. The molecule has 0 aliphatic heterocycles. The van der Waals surface area contributed by atoms with Crippen LogP contribution < -0.4 is 10.1 Å². The molecular formula is C15H22F3NO. The first-order valence-electron chi connectivity index (χ1n) is 6.72. The molecule has 0 radical (unpaired) electrons. The van der Waals surface area contributed by atoms with E-state index in [0.717, 1.165) is 18.5 Å². The molecule has 1 aromatic rings. The number of nitrogens with one attached hydrogen (secondary N) is 1. The van der Waals surface area contributed by atoms with Crippen molar-refractivity contribution in [1.29, 1.82) is 0 Å². The molecule has 0 saturated heterocycles. The number of halogens is 3. The number of hydrogen-bond acceptors (Lipinski definition) is 2. The molecule has 1 rings (SSSR count). The largest absolute Gasteiger partial charge is 0.573 e. The van der Waals surface area contributed by atoms with Gasteiger partial charge in [0.1, 0.15) is 5.75 Å².